The summed E-state index contributed by atoms with van der Waals surface area (Å²) >= 11 is 0. The maximum absolute atomic E-state index is 2.44. The first-order chi connectivity index (χ1) is 18.4. The molecule has 0 nitrogen and oxygen atoms in total. The Kier molecular flexibility index (Phi) is 35.5. The van der Waals surface area contributed by atoms with Crippen LogP contribution in [0.4, 0.5) is 0 Å². The van der Waals surface area contributed by atoms with Gasteiger partial charge in [-0.1, -0.05) is 212 Å². The van der Waals surface area contributed by atoms with E-state index in [1.807, 2.05) is 0 Å². The molecule has 0 atom stereocenters. The summed E-state index contributed by atoms with van der Waals surface area (Å²) in [6.45, 7) is 4.60. The lowest BCUT2D eigenvalue weighted by Crippen LogP contribution is -1.85. The molecule has 0 aromatic carbocycles. The molecule has 0 aromatic rings. The third-order valence-corrected chi connectivity index (χ3v) is 8.37. The van der Waals surface area contributed by atoms with Gasteiger partial charge in [0.25, 0.3) is 0 Å². The maximum Gasteiger partial charge on any atom is -0.0351 e. The lowest BCUT2D eigenvalue weighted by Gasteiger charge is -2.04. The highest BCUT2D eigenvalue weighted by atomic mass is 14.0. The second-order valence-corrected chi connectivity index (χ2v) is 12.3. The molecule has 0 heterocycles. The number of hydrogen-bond acceptors (Lipinski definition) is 0. The van der Waals surface area contributed by atoms with E-state index in [1.54, 1.807) is 0 Å². The van der Waals surface area contributed by atoms with Crippen molar-refractivity contribution in [1.29, 1.82) is 0 Å². The normalized spacial score (nSPS) is 11.7. The van der Waals surface area contributed by atoms with Gasteiger partial charge in [0, 0.05) is 0 Å². The molecule has 0 aliphatic rings. The SMILES string of the molecule is CCCCCCC=CCCCCCCCCCCCCCCCCCCCCCCCCCCCCC. The van der Waals surface area contributed by atoms with Crippen molar-refractivity contribution in [3.05, 3.63) is 12.2 Å². The molecule has 0 aliphatic carbocycles. The molecular formula is C37H74. The highest BCUT2D eigenvalue weighted by molar-refractivity contribution is 4.81. The van der Waals surface area contributed by atoms with Gasteiger partial charge in [-0.25, -0.2) is 0 Å². The number of unbranched alkanes of at least 4 members (excludes halogenated alkanes) is 31. The smallest absolute Gasteiger partial charge is 0.0351 e. The van der Waals surface area contributed by atoms with Crippen LogP contribution in [0.15, 0.2) is 12.2 Å². The molecule has 0 rings (SSSR count). The summed E-state index contributed by atoms with van der Waals surface area (Å²) in [6, 6.07) is 0. The molecule has 0 amide bonds. The molecule has 222 valence electrons. The molecule has 0 bridgehead atoms. The van der Waals surface area contributed by atoms with Gasteiger partial charge in [0.05, 0.1) is 0 Å². The minimum Gasteiger partial charge on any atom is -0.0885 e. The minimum absolute atomic E-state index is 1.31. The molecule has 0 aromatic heterocycles. The fourth-order valence-corrected chi connectivity index (χ4v) is 5.68. The molecule has 0 spiro atoms. The summed E-state index contributed by atoms with van der Waals surface area (Å²) in [5.41, 5.74) is 0. The Balaban J connectivity index is 3.04. The molecule has 0 heteroatoms. The third kappa shape index (κ3) is 35.7. The van der Waals surface area contributed by atoms with Crippen LogP contribution >= 0.6 is 0 Å². The van der Waals surface area contributed by atoms with Gasteiger partial charge < -0.3 is 0 Å². The lowest BCUT2D eigenvalue weighted by molar-refractivity contribution is 0.515. The summed E-state index contributed by atoms with van der Waals surface area (Å²) in [4.78, 5) is 0. The Hall–Kier alpha value is -0.260. The van der Waals surface area contributed by atoms with Crippen molar-refractivity contribution in [2.24, 2.45) is 0 Å². The van der Waals surface area contributed by atoms with Crippen LogP contribution in [0.2, 0.25) is 0 Å². The average molecular weight is 519 g/mol. The maximum atomic E-state index is 2.44. The molecule has 0 fully saturated rings. The van der Waals surface area contributed by atoms with Gasteiger partial charge in [-0.2, -0.15) is 0 Å². The minimum atomic E-state index is 1.31. The monoisotopic (exact) mass is 519 g/mol. The Morgan fingerprint density at radius 3 is 0.595 bits per heavy atom. The van der Waals surface area contributed by atoms with Crippen molar-refractivity contribution in [2.45, 2.75) is 226 Å². The predicted octanol–water partition coefficient (Wildman–Crippen LogP) is 14.5. The van der Waals surface area contributed by atoms with Gasteiger partial charge in [-0.3, -0.25) is 0 Å². The Morgan fingerprint density at radius 1 is 0.216 bits per heavy atom. The van der Waals surface area contributed by atoms with E-state index in [0.717, 1.165) is 0 Å². The van der Waals surface area contributed by atoms with E-state index in [9.17, 15) is 0 Å². The number of hydrogen-bond donors (Lipinski definition) is 0. The quantitative estimate of drug-likeness (QED) is 0.0598. The molecule has 0 saturated carbocycles. The van der Waals surface area contributed by atoms with Crippen LogP contribution in [0.5, 0.6) is 0 Å². The molecule has 0 aliphatic heterocycles. The molecule has 0 unspecified atom stereocenters. The summed E-state index contributed by atoms with van der Waals surface area (Å²) in [7, 11) is 0. The van der Waals surface area contributed by atoms with Crippen molar-refractivity contribution in [1.82, 2.24) is 0 Å². The topological polar surface area (TPSA) is 0 Å². The second-order valence-electron chi connectivity index (χ2n) is 12.3. The van der Waals surface area contributed by atoms with Crippen molar-refractivity contribution in [2.75, 3.05) is 0 Å². The van der Waals surface area contributed by atoms with E-state index in [1.165, 1.54) is 212 Å². The van der Waals surface area contributed by atoms with E-state index in [4.69, 9.17) is 0 Å². The Labute approximate surface area is 237 Å². The van der Waals surface area contributed by atoms with E-state index < -0.39 is 0 Å². The van der Waals surface area contributed by atoms with Crippen LogP contribution in [-0.2, 0) is 0 Å². The van der Waals surface area contributed by atoms with E-state index in [0.29, 0.717) is 0 Å². The van der Waals surface area contributed by atoms with Gasteiger partial charge in [-0.05, 0) is 25.7 Å². The lowest BCUT2D eigenvalue weighted by atomic mass is 10.0. The number of rotatable bonds is 33. The summed E-state index contributed by atoms with van der Waals surface area (Å²) in [6.07, 6.45) is 52.9. The van der Waals surface area contributed by atoms with Gasteiger partial charge in [0.2, 0.25) is 0 Å². The van der Waals surface area contributed by atoms with Crippen LogP contribution in [0.1, 0.15) is 226 Å². The third-order valence-electron chi connectivity index (χ3n) is 8.37. The van der Waals surface area contributed by atoms with Crippen molar-refractivity contribution < 1.29 is 0 Å². The fourth-order valence-electron chi connectivity index (χ4n) is 5.68. The first kappa shape index (κ1) is 36.7. The predicted molar refractivity (Wildman–Crippen MR) is 173 cm³/mol. The second kappa shape index (κ2) is 35.7. The van der Waals surface area contributed by atoms with Crippen LogP contribution < -0.4 is 0 Å². The van der Waals surface area contributed by atoms with Gasteiger partial charge >= 0.3 is 0 Å². The molecular weight excluding hydrogens is 444 g/mol. The fraction of sp³-hybridized carbons (Fsp3) is 0.946. The molecule has 0 radical (unpaired) electrons. The Bertz CT molecular complexity index is 395. The zero-order valence-electron chi connectivity index (χ0n) is 26.5. The largest absolute Gasteiger partial charge is 0.0885 e. The zero-order valence-corrected chi connectivity index (χ0v) is 26.5. The van der Waals surface area contributed by atoms with E-state index in [2.05, 4.69) is 26.0 Å². The van der Waals surface area contributed by atoms with Gasteiger partial charge in [0.15, 0.2) is 0 Å². The highest BCUT2D eigenvalue weighted by Gasteiger charge is 1.96. The van der Waals surface area contributed by atoms with Crippen LogP contribution in [0.3, 0.4) is 0 Å². The van der Waals surface area contributed by atoms with E-state index >= 15 is 0 Å². The van der Waals surface area contributed by atoms with Crippen LogP contribution in [0.25, 0.3) is 0 Å². The van der Waals surface area contributed by atoms with Crippen LogP contribution in [-0.4, -0.2) is 0 Å². The van der Waals surface area contributed by atoms with Crippen molar-refractivity contribution in [3.8, 4) is 0 Å². The average Bonchev–Trinajstić information content (AvgIpc) is 2.91. The first-order valence-corrected chi connectivity index (χ1v) is 18.1. The standard InChI is InChI=1S/C37H74/c1-3-5-7-9-11-13-15-17-19-21-23-25-27-29-31-33-35-37-36-34-32-30-28-26-24-22-20-18-16-14-12-10-8-6-4-2/h13,15H,3-12,14,16-37H2,1-2H3. The summed E-state index contributed by atoms with van der Waals surface area (Å²) < 4.78 is 0. The summed E-state index contributed by atoms with van der Waals surface area (Å²) in [5, 5.41) is 0. The number of allylic oxidation sites excluding steroid dienone is 2. The van der Waals surface area contributed by atoms with Gasteiger partial charge in [0.1, 0.15) is 0 Å². The molecule has 0 N–H and O–H groups in total. The van der Waals surface area contributed by atoms with Crippen LogP contribution in [0, 0.1) is 0 Å². The molecule has 0 saturated heterocycles. The first-order valence-electron chi connectivity index (χ1n) is 18.1. The van der Waals surface area contributed by atoms with E-state index in [-0.39, 0.29) is 0 Å². The molecule has 37 heavy (non-hydrogen) atoms. The highest BCUT2D eigenvalue weighted by Crippen LogP contribution is 2.16. The summed E-state index contributed by atoms with van der Waals surface area (Å²) in [5.74, 6) is 0. The van der Waals surface area contributed by atoms with Gasteiger partial charge in [-0.15, -0.1) is 0 Å². The van der Waals surface area contributed by atoms with Crippen molar-refractivity contribution in [3.63, 3.8) is 0 Å². The Morgan fingerprint density at radius 2 is 0.378 bits per heavy atom. The zero-order chi connectivity index (χ0) is 26.7. The van der Waals surface area contributed by atoms with Crippen molar-refractivity contribution >= 4 is 0 Å².